The van der Waals surface area contributed by atoms with Gasteiger partial charge in [0.1, 0.15) is 0 Å². The van der Waals surface area contributed by atoms with Crippen LogP contribution in [0.1, 0.15) is 96.4 Å². The van der Waals surface area contributed by atoms with Gasteiger partial charge in [-0.2, -0.15) is 0 Å². The molecule has 2 aromatic heterocycles. The van der Waals surface area contributed by atoms with Crippen molar-refractivity contribution in [1.29, 1.82) is 0 Å². The molecule has 4 aromatic carbocycles. The average Bonchev–Trinajstić information content (AvgIpc) is 3.59. The summed E-state index contributed by atoms with van der Waals surface area (Å²) in [5, 5.41) is 8.69. The quantitative estimate of drug-likeness (QED) is 0.203. The van der Waals surface area contributed by atoms with Crippen LogP contribution in [0, 0.1) is 0 Å². The zero-order valence-corrected chi connectivity index (χ0v) is 32.8. The van der Waals surface area contributed by atoms with Gasteiger partial charge in [-0.15, -0.1) is 0 Å². The second kappa shape index (κ2) is 24.3. The number of hydrogen-bond acceptors (Lipinski definition) is 2. The molecule has 0 atom stereocenters. The number of aromatic nitrogens is 2. The van der Waals surface area contributed by atoms with E-state index >= 15 is 0 Å². The van der Waals surface area contributed by atoms with Crippen LogP contribution in [0.15, 0.2) is 84.9 Å². The predicted octanol–water partition coefficient (Wildman–Crippen LogP) is 13.5. The van der Waals surface area contributed by atoms with Gasteiger partial charge in [-0.05, 0) is 57.2 Å². The van der Waals surface area contributed by atoms with E-state index in [9.17, 15) is 0 Å². The van der Waals surface area contributed by atoms with E-state index in [0.717, 1.165) is 19.6 Å². The highest BCUT2D eigenvalue weighted by atomic mass is 15.1. The third-order valence-electron chi connectivity index (χ3n) is 7.32. The van der Waals surface area contributed by atoms with Crippen LogP contribution in [0.4, 0.5) is 11.4 Å². The minimum Gasteiger partial charge on any atom is -0.385 e. The Bertz CT molecular complexity index is 1670. The van der Waals surface area contributed by atoms with E-state index in [1.54, 1.807) is 0 Å². The van der Waals surface area contributed by atoms with Gasteiger partial charge in [-0.25, -0.2) is 0 Å². The highest BCUT2D eigenvalue weighted by Gasteiger charge is 2.10. The molecule has 0 unspecified atom stereocenters. The van der Waals surface area contributed by atoms with Crippen LogP contribution in [0.3, 0.4) is 0 Å². The molecule has 2 heterocycles. The Morgan fingerprint density at radius 3 is 1.30 bits per heavy atom. The Hall–Kier alpha value is -3.92. The van der Waals surface area contributed by atoms with Gasteiger partial charge in [0.05, 0.1) is 11.0 Å². The van der Waals surface area contributed by atoms with Gasteiger partial charge in [0, 0.05) is 77.7 Å². The zero-order valence-electron chi connectivity index (χ0n) is 32.8. The molecule has 0 aliphatic heterocycles. The van der Waals surface area contributed by atoms with Crippen LogP contribution in [0.5, 0.6) is 0 Å². The Kier molecular flexibility index (Phi) is 22.3. The van der Waals surface area contributed by atoms with E-state index in [-0.39, 0.29) is 0 Å². The van der Waals surface area contributed by atoms with Crippen molar-refractivity contribution < 1.29 is 0 Å². The molecule has 0 saturated heterocycles. The number of aryl methyl sites for hydroxylation is 2. The van der Waals surface area contributed by atoms with Crippen LogP contribution in [0.25, 0.3) is 43.6 Å². The standard InChI is InChI=1S/C17H20N2.C15H16N2.C3H8.4C2H6/c1-4-19(5-2)13-10-11-15-14-8-6-7-9-16(14)18(3)17(15)12-13;1-3-16-11-8-9-13-12-6-4-5-7-14(12)17(2)15(13)10-11;1-3-2;4*1-2/h6-12H,4-5H2,1-3H3;4-10,16H,3H2,1-2H3;3H2,1-2H3;4*1-2H3. The molecule has 0 amide bonds. The molecule has 0 bridgehead atoms. The Labute approximate surface area is 288 Å². The monoisotopic (exact) mass is 641 g/mol. The molecule has 4 nitrogen and oxygen atoms in total. The summed E-state index contributed by atoms with van der Waals surface area (Å²) >= 11 is 0. The number of rotatable bonds is 5. The second-order valence-electron chi connectivity index (χ2n) is 10.00. The van der Waals surface area contributed by atoms with Crippen molar-refractivity contribution in [2.45, 2.75) is 96.4 Å². The van der Waals surface area contributed by atoms with E-state index in [2.05, 4.69) is 153 Å². The van der Waals surface area contributed by atoms with Gasteiger partial charge in [-0.1, -0.05) is 124 Å². The summed E-state index contributed by atoms with van der Waals surface area (Å²) in [6.45, 7) is 29.8. The smallest absolute Gasteiger partial charge is 0.0509 e. The van der Waals surface area contributed by atoms with Crippen molar-refractivity contribution in [3.8, 4) is 0 Å². The third kappa shape index (κ3) is 10.8. The fraction of sp³-hybridized carbons (Fsp3) is 0.442. The number of fused-ring (bicyclic) bond motifs is 6. The van der Waals surface area contributed by atoms with Gasteiger partial charge in [-0.3, -0.25) is 0 Å². The lowest BCUT2D eigenvalue weighted by Crippen LogP contribution is -2.21. The van der Waals surface area contributed by atoms with Crippen molar-refractivity contribution in [1.82, 2.24) is 9.13 Å². The third-order valence-corrected chi connectivity index (χ3v) is 7.32. The molecular formula is C43H68N4. The van der Waals surface area contributed by atoms with Gasteiger partial charge in [0.15, 0.2) is 0 Å². The highest BCUT2D eigenvalue weighted by molar-refractivity contribution is 6.09. The summed E-state index contributed by atoms with van der Waals surface area (Å²) in [5.74, 6) is 0. The van der Waals surface area contributed by atoms with Crippen LogP contribution < -0.4 is 10.2 Å². The summed E-state index contributed by atoms with van der Waals surface area (Å²) in [6, 6.07) is 30.5. The molecule has 6 rings (SSSR count). The maximum atomic E-state index is 3.36. The Morgan fingerprint density at radius 1 is 0.489 bits per heavy atom. The second-order valence-corrected chi connectivity index (χ2v) is 10.00. The lowest BCUT2D eigenvalue weighted by molar-refractivity contribution is 0.866. The minimum absolute atomic E-state index is 0.954. The molecule has 6 aromatic rings. The van der Waals surface area contributed by atoms with Crippen LogP contribution in [-0.2, 0) is 14.1 Å². The van der Waals surface area contributed by atoms with Gasteiger partial charge in [0.2, 0.25) is 0 Å². The van der Waals surface area contributed by atoms with Crippen molar-refractivity contribution in [2.75, 3.05) is 29.9 Å². The fourth-order valence-corrected chi connectivity index (χ4v) is 5.41. The van der Waals surface area contributed by atoms with Crippen molar-refractivity contribution in [2.24, 2.45) is 14.1 Å². The fourth-order valence-electron chi connectivity index (χ4n) is 5.41. The number of nitrogens with zero attached hydrogens (tertiary/aromatic N) is 3. The summed E-state index contributed by atoms with van der Waals surface area (Å²) in [7, 11) is 4.27. The van der Waals surface area contributed by atoms with Crippen LogP contribution in [-0.4, -0.2) is 28.8 Å². The molecular weight excluding hydrogens is 573 g/mol. The largest absolute Gasteiger partial charge is 0.385 e. The maximum absolute atomic E-state index is 3.36. The Morgan fingerprint density at radius 2 is 0.872 bits per heavy atom. The molecule has 47 heavy (non-hydrogen) atoms. The number of para-hydroxylation sites is 2. The molecule has 0 fully saturated rings. The minimum atomic E-state index is 0.954. The zero-order chi connectivity index (χ0) is 35.9. The van der Waals surface area contributed by atoms with Crippen LogP contribution in [0.2, 0.25) is 0 Å². The molecule has 0 saturated carbocycles. The first-order chi connectivity index (χ1) is 23.0. The van der Waals surface area contributed by atoms with Gasteiger partial charge >= 0.3 is 0 Å². The van der Waals surface area contributed by atoms with E-state index < -0.39 is 0 Å². The van der Waals surface area contributed by atoms with E-state index in [1.807, 2.05) is 55.4 Å². The molecule has 260 valence electrons. The van der Waals surface area contributed by atoms with Crippen molar-refractivity contribution in [3.05, 3.63) is 84.9 Å². The van der Waals surface area contributed by atoms with Crippen molar-refractivity contribution in [3.63, 3.8) is 0 Å². The average molecular weight is 641 g/mol. The maximum Gasteiger partial charge on any atom is 0.0509 e. The Balaban J connectivity index is 0.000000698. The summed E-state index contributed by atoms with van der Waals surface area (Å²) < 4.78 is 4.54. The molecule has 0 spiro atoms. The first-order valence-corrected chi connectivity index (χ1v) is 18.4. The van der Waals surface area contributed by atoms with E-state index in [1.165, 1.54) is 61.4 Å². The highest BCUT2D eigenvalue weighted by Crippen LogP contribution is 2.31. The van der Waals surface area contributed by atoms with Crippen molar-refractivity contribution >= 4 is 55.0 Å². The molecule has 1 N–H and O–H groups in total. The topological polar surface area (TPSA) is 25.1 Å². The van der Waals surface area contributed by atoms with Gasteiger partial charge < -0.3 is 19.4 Å². The molecule has 0 aliphatic rings. The molecule has 0 aliphatic carbocycles. The SMILES string of the molecule is CC.CC.CC.CC.CCC.CCN(CC)c1ccc2c3ccccc3n(C)c2c1.CCNc1ccc2c3ccccc3n(C)c2c1. The molecule has 4 heteroatoms. The van der Waals surface area contributed by atoms with Crippen LogP contribution >= 0.6 is 0 Å². The number of benzene rings is 4. The first-order valence-electron chi connectivity index (χ1n) is 18.4. The lowest BCUT2D eigenvalue weighted by Gasteiger charge is -2.21. The predicted molar refractivity (Wildman–Crippen MR) is 220 cm³/mol. The summed E-state index contributed by atoms with van der Waals surface area (Å²) in [4.78, 5) is 2.39. The lowest BCUT2D eigenvalue weighted by atomic mass is 10.1. The first kappa shape index (κ1) is 43.1. The van der Waals surface area contributed by atoms with E-state index in [0.29, 0.717) is 0 Å². The van der Waals surface area contributed by atoms with E-state index in [4.69, 9.17) is 0 Å². The summed E-state index contributed by atoms with van der Waals surface area (Å²) in [5.41, 5.74) is 7.68. The number of anilines is 2. The molecule has 0 radical (unpaired) electrons. The number of hydrogen-bond donors (Lipinski definition) is 1. The normalized spacial score (nSPS) is 9.51. The summed E-state index contributed by atoms with van der Waals surface area (Å²) in [6.07, 6.45) is 1.25. The van der Waals surface area contributed by atoms with Gasteiger partial charge in [0.25, 0.3) is 0 Å². The number of nitrogens with one attached hydrogen (secondary N) is 1.